The predicted molar refractivity (Wildman–Crippen MR) is 107 cm³/mol. The number of nitrogens with zero attached hydrogens (tertiary/aromatic N) is 1. The molecule has 0 radical (unpaired) electrons. The third-order valence-corrected chi connectivity index (χ3v) is 5.59. The molecule has 4 rings (SSSR count). The molecule has 0 aromatic heterocycles. The number of hydrogen-bond acceptors (Lipinski definition) is 5. The van der Waals surface area contributed by atoms with Crippen LogP contribution in [0, 0.1) is 0 Å². The largest absolute Gasteiger partial charge is 0.486 e. The highest BCUT2D eigenvalue weighted by Gasteiger charge is 2.43. The second kappa shape index (κ2) is 7.52. The second-order valence-corrected chi connectivity index (χ2v) is 7.88. The second-order valence-electron chi connectivity index (χ2n) is 7.44. The van der Waals surface area contributed by atoms with E-state index in [9.17, 15) is 14.4 Å². The first kappa shape index (κ1) is 19.5. The number of hydrogen-bond donors (Lipinski definition) is 0. The van der Waals surface area contributed by atoms with Crippen molar-refractivity contribution in [1.82, 2.24) is 4.90 Å². The van der Waals surface area contributed by atoms with Crippen molar-refractivity contribution < 1.29 is 23.9 Å². The van der Waals surface area contributed by atoms with Gasteiger partial charge in [-0.25, -0.2) is 0 Å². The maximum absolute atomic E-state index is 12.9. The van der Waals surface area contributed by atoms with E-state index in [1.807, 2.05) is 0 Å². The number of carbonyl (C=O) groups is 3. The average Bonchev–Trinajstić information content (AvgIpc) is 2.68. The van der Waals surface area contributed by atoms with Gasteiger partial charge in [0.15, 0.2) is 5.78 Å². The molecule has 150 valence electrons. The highest BCUT2D eigenvalue weighted by molar-refractivity contribution is 6.31. The Balaban J connectivity index is 1.46. The van der Waals surface area contributed by atoms with E-state index in [0.717, 1.165) is 0 Å². The van der Waals surface area contributed by atoms with Crippen molar-refractivity contribution in [3.8, 4) is 11.5 Å². The van der Waals surface area contributed by atoms with Crippen LogP contribution >= 0.6 is 11.6 Å². The number of fused-ring (bicyclic) bond motifs is 1. The van der Waals surface area contributed by atoms with Gasteiger partial charge >= 0.3 is 5.97 Å². The summed E-state index contributed by atoms with van der Waals surface area (Å²) in [6, 6.07) is 11.7. The Labute approximate surface area is 173 Å². The first-order chi connectivity index (χ1) is 13.8. The lowest BCUT2D eigenvalue weighted by atomic mass is 9.82. The molecule has 0 saturated carbocycles. The number of Topliss-reactive ketones (excluding diaryl/α,β-unsaturated/α-hetero) is 1. The van der Waals surface area contributed by atoms with Crippen LogP contribution < -0.4 is 9.47 Å². The predicted octanol–water partition coefficient (Wildman–Crippen LogP) is 3.91. The van der Waals surface area contributed by atoms with Crippen molar-refractivity contribution in [3.05, 3.63) is 58.6 Å². The molecule has 6 nitrogen and oxygen atoms in total. The average molecular weight is 414 g/mol. The van der Waals surface area contributed by atoms with E-state index >= 15 is 0 Å². The molecular weight excluding hydrogens is 394 g/mol. The van der Waals surface area contributed by atoms with Crippen molar-refractivity contribution in [2.24, 2.45) is 0 Å². The highest BCUT2D eigenvalue weighted by Crippen LogP contribution is 2.40. The van der Waals surface area contributed by atoms with Crippen molar-refractivity contribution >= 4 is 29.3 Å². The van der Waals surface area contributed by atoms with E-state index in [0.29, 0.717) is 53.6 Å². The van der Waals surface area contributed by atoms with Gasteiger partial charge in [0.25, 0.3) is 5.91 Å². The summed E-state index contributed by atoms with van der Waals surface area (Å²) in [5.41, 5.74) is 0.387. The fraction of sp³-hybridized carbons (Fsp3) is 0.318. The van der Waals surface area contributed by atoms with Gasteiger partial charge in [-0.15, -0.1) is 0 Å². The minimum atomic E-state index is -0.589. The number of piperidine rings is 1. The van der Waals surface area contributed by atoms with Gasteiger partial charge in [0, 0.05) is 43.4 Å². The van der Waals surface area contributed by atoms with Gasteiger partial charge in [0.05, 0.1) is 12.0 Å². The Kier molecular flexibility index (Phi) is 5.04. The van der Waals surface area contributed by atoms with Gasteiger partial charge in [-0.1, -0.05) is 17.7 Å². The van der Waals surface area contributed by atoms with Crippen LogP contribution in [-0.2, 0) is 4.79 Å². The topological polar surface area (TPSA) is 72.9 Å². The van der Waals surface area contributed by atoms with Gasteiger partial charge in [-0.05, 0) is 36.4 Å². The molecule has 1 fully saturated rings. The number of rotatable bonds is 2. The number of carbonyl (C=O) groups excluding carboxylic acids is 3. The quantitative estimate of drug-likeness (QED) is 0.551. The maximum atomic E-state index is 12.9. The molecular formula is C22H20ClNO5. The molecule has 2 aromatic carbocycles. The maximum Gasteiger partial charge on any atom is 0.308 e. The minimum absolute atomic E-state index is 0.0163. The molecule has 0 atom stereocenters. The number of halogens is 1. The summed E-state index contributed by atoms with van der Waals surface area (Å²) < 4.78 is 11.3. The van der Waals surface area contributed by atoms with E-state index in [2.05, 4.69) is 0 Å². The Morgan fingerprint density at radius 1 is 1.14 bits per heavy atom. The van der Waals surface area contributed by atoms with Crippen LogP contribution in [0.1, 0.15) is 46.9 Å². The monoisotopic (exact) mass is 413 g/mol. The van der Waals surface area contributed by atoms with Crippen LogP contribution in [0.3, 0.4) is 0 Å². The Bertz CT molecular complexity index is 994. The van der Waals surface area contributed by atoms with Crippen molar-refractivity contribution in [1.29, 1.82) is 0 Å². The highest BCUT2D eigenvalue weighted by atomic mass is 35.5. The summed E-state index contributed by atoms with van der Waals surface area (Å²) in [5, 5.41) is 0.507. The lowest BCUT2D eigenvalue weighted by Crippen LogP contribution is -2.52. The van der Waals surface area contributed by atoms with Crippen molar-refractivity contribution in [3.63, 3.8) is 0 Å². The van der Waals surface area contributed by atoms with E-state index in [4.69, 9.17) is 21.1 Å². The summed E-state index contributed by atoms with van der Waals surface area (Å²) in [6.45, 7) is 2.27. The first-order valence-corrected chi connectivity index (χ1v) is 9.83. The van der Waals surface area contributed by atoms with Crippen LogP contribution in [-0.4, -0.2) is 41.3 Å². The molecule has 2 aromatic rings. The summed E-state index contributed by atoms with van der Waals surface area (Å²) >= 11 is 5.99. The molecule has 1 amide bonds. The minimum Gasteiger partial charge on any atom is -0.486 e. The SMILES string of the molecule is CC(=O)Oc1cccc(C(=O)N2CCC3(CC2)CC(=O)c2cc(Cl)ccc2O3)c1. The number of ether oxygens (including phenoxy) is 2. The van der Waals surface area contributed by atoms with Crippen LogP contribution in [0.25, 0.3) is 0 Å². The fourth-order valence-corrected chi connectivity index (χ4v) is 4.08. The zero-order chi connectivity index (χ0) is 20.6. The van der Waals surface area contributed by atoms with Gasteiger partial charge in [0.1, 0.15) is 17.1 Å². The first-order valence-electron chi connectivity index (χ1n) is 9.45. The molecule has 0 unspecified atom stereocenters. The van der Waals surface area contributed by atoms with Crippen LogP contribution in [0.15, 0.2) is 42.5 Å². The van der Waals surface area contributed by atoms with Gasteiger partial charge in [0.2, 0.25) is 0 Å². The van der Waals surface area contributed by atoms with Crippen molar-refractivity contribution in [2.75, 3.05) is 13.1 Å². The summed E-state index contributed by atoms with van der Waals surface area (Å²) in [5.74, 6) is 0.341. The van der Waals surface area contributed by atoms with Crippen molar-refractivity contribution in [2.45, 2.75) is 31.8 Å². The Morgan fingerprint density at radius 3 is 2.62 bits per heavy atom. The molecule has 0 bridgehead atoms. The standard InChI is InChI=1S/C22H20ClNO5/c1-14(25)28-17-4-2-3-15(11-17)21(27)24-9-7-22(8-10-24)13-19(26)18-12-16(23)5-6-20(18)29-22/h2-6,11-12H,7-10,13H2,1H3. The lowest BCUT2D eigenvalue weighted by Gasteiger charge is -2.44. The lowest BCUT2D eigenvalue weighted by molar-refractivity contribution is -0.131. The molecule has 2 aliphatic rings. The summed E-state index contributed by atoms with van der Waals surface area (Å²) in [6.07, 6.45) is 1.41. The Morgan fingerprint density at radius 2 is 1.90 bits per heavy atom. The molecule has 0 N–H and O–H groups in total. The molecule has 1 spiro atoms. The van der Waals surface area contributed by atoms with E-state index in [1.54, 1.807) is 47.4 Å². The van der Waals surface area contributed by atoms with Gasteiger partial charge < -0.3 is 14.4 Å². The number of likely N-dealkylation sites (tertiary alicyclic amines) is 1. The fourth-order valence-electron chi connectivity index (χ4n) is 3.90. The number of ketones is 1. The van der Waals surface area contributed by atoms with Crippen LogP contribution in [0.2, 0.25) is 5.02 Å². The van der Waals surface area contributed by atoms with E-state index < -0.39 is 11.6 Å². The normalized spacial score (nSPS) is 17.4. The van der Waals surface area contributed by atoms with E-state index in [-0.39, 0.29) is 18.1 Å². The zero-order valence-electron chi connectivity index (χ0n) is 15.9. The smallest absolute Gasteiger partial charge is 0.308 e. The number of esters is 1. The third kappa shape index (κ3) is 3.98. The van der Waals surface area contributed by atoms with Crippen LogP contribution in [0.4, 0.5) is 0 Å². The summed E-state index contributed by atoms with van der Waals surface area (Å²) in [4.78, 5) is 38.4. The summed E-state index contributed by atoms with van der Waals surface area (Å²) in [7, 11) is 0. The zero-order valence-corrected chi connectivity index (χ0v) is 16.7. The molecule has 1 saturated heterocycles. The number of amides is 1. The third-order valence-electron chi connectivity index (χ3n) is 5.36. The number of benzene rings is 2. The van der Waals surface area contributed by atoms with E-state index in [1.165, 1.54) is 6.92 Å². The molecule has 29 heavy (non-hydrogen) atoms. The molecule has 7 heteroatoms. The Hall–Kier alpha value is -2.86. The molecule has 0 aliphatic carbocycles. The molecule has 2 aliphatic heterocycles. The van der Waals surface area contributed by atoms with Gasteiger partial charge in [-0.2, -0.15) is 0 Å². The van der Waals surface area contributed by atoms with Gasteiger partial charge in [-0.3, -0.25) is 14.4 Å². The van der Waals surface area contributed by atoms with Crippen LogP contribution in [0.5, 0.6) is 11.5 Å². The molecule has 2 heterocycles.